The van der Waals surface area contributed by atoms with Gasteiger partial charge in [-0.2, -0.15) is 4.98 Å². The predicted octanol–water partition coefficient (Wildman–Crippen LogP) is 1.59. The number of ether oxygens (including phenoxy) is 1. The van der Waals surface area contributed by atoms with Gasteiger partial charge in [-0.15, -0.1) is 0 Å². The highest BCUT2D eigenvalue weighted by molar-refractivity contribution is 5.06. The molecule has 2 heterocycles. The summed E-state index contributed by atoms with van der Waals surface area (Å²) in [6, 6.07) is 0. The summed E-state index contributed by atoms with van der Waals surface area (Å²) < 4.78 is 10.8. The summed E-state index contributed by atoms with van der Waals surface area (Å²) in [5.74, 6) is 1.70. The van der Waals surface area contributed by atoms with Crippen LogP contribution in [-0.4, -0.2) is 29.9 Å². The van der Waals surface area contributed by atoms with Crippen molar-refractivity contribution in [2.24, 2.45) is 5.73 Å². The highest BCUT2D eigenvalue weighted by Crippen LogP contribution is 2.28. The van der Waals surface area contributed by atoms with Crippen molar-refractivity contribution in [3.8, 4) is 0 Å². The van der Waals surface area contributed by atoms with E-state index in [0.717, 1.165) is 31.7 Å². The number of aromatic nitrogens is 2. The Morgan fingerprint density at radius 1 is 1.53 bits per heavy atom. The van der Waals surface area contributed by atoms with Crippen LogP contribution in [0.25, 0.3) is 0 Å². The molecule has 0 spiro atoms. The zero-order chi connectivity index (χ0) is 12.3. The van der Waals surface area contributed by atoms with Crippen LogP contribution in [0, 0.1) is 0 Å². The van der Waals surface area contributed by atoms with E-state index in [4.69, 9.17) is 15.0 Å². The molecule has 1 aliphatic rings. The number of nitrogens with two attached hydrogens (primary N) is 1. The molecule has 0 aliphatic carbocycles. The third kappa shape index (κ3) is 2.50. The molecule has 96 valence electrons. The van der Waals surface area contributed by atoms with E-state index >= 15 is 0 Å². The molecule has 1 aromatic heterocycles. The number of nitrogens with zero attached hydrogens (tertiary/aromatic N) is 2. The van der Waals surface area contributed by atoms with Crippen LogP contribution in [0.3, 0.4) is 0 Å². The van der Waals surface area contributed by atoms with E-state index in [2.05, 4.69) is 24.0 Å². The Balaban J connectivity index is 2.14. The Morgan fingerprint density at radius 3 is 2.94 bits per heavy atom. The molecular weight excluding hydrogens is 218 g/mol. The molecule has 0 radical (unpaired) electrons. The van der Waals surface area contributed by atoms with Crippen LogP contribution >= 0.6 is 0 Å². The minimum Gasteiger partial charge on any atom is -0.381 e. The van der Waals surface area contributed by atoms with Crippen LogP contribution in [0.2, 0.25) is 0 Å². The van der Waals surface area contributed by atoms with Gasteiger partial charge < -0.3 is 15.0 Å². The molecule has 2 unspecified atom stereocenters. The molecule has 2 rings (SSSR count). The molecule has 0 aromatic carbocycles. The molecule has 5 heteroatoms. The Kier molecular flexibility index (Phi) is 3.79. The molecule has 0 saturated carbocycles. The third-order valence-corrected chi connectivity index (χ3v) is 3.71. The lowest BCUT2D eigenvalue weighted by Gasteiger charge is -2.21. The number of rotatable bonds is 4. The summed E-state index contributed by atoms with van der Waals surface area (Å²) in [4.78, 5) is 4.51. The monoisotopic (exact) mass is 239 g/mol. The van der Waals surface area contributed by atoms with Gasteiger partial charge in [-0.1, -0.05) is 12.1 Å². The van der Waals surface area contributed by atoms with Gasteiger partial charge in [-0.05, 0) is 26.2 Å². The maximum absolute atomic E-state index is 5.78. The fourth-order valence-electron chi connectivity index (χ4n) is 1.97. The van der Waals surface area contributed by atoms with Crippen molar-refractivity contribution >= 4 is 0 Å². The van der Waals surface area contributed by atoms with E-state index in [1.54, 1.807) is 0 Å². The van der Waals surface area contributed by atoms with Crippen molar-refractivity contribution in [2.45, 2.75) is 44.4 Å². The molecule has 2 atom stereocenters. The first-order chi connectivity index (χ1) is 8.19. The second-order valence-corrected chi connectivity index (χ2v) is 4.99. The molecule has 1 fully saturated rings. The normalized spacial score (nSPS) is 24.5. The topological polar surface area (TPSA) is 74.2 Å². The zero-order valence-corrected chi connectivity index (χ0v) is 10.6. The van der Waals surface area contributed by atoms with E-state index in [9.17, 15) is 0 Å². The predicted molar refractivity (Wildman–Crippen MR) is 63.8 cm³/mol. The fourth-order valence-corrected chi connectivity index (χ4v) is 1.97. The molecule has 17 heavy (non-hydrogen) atoms. The van der Waals surface area contributed by atoms with Crippen molar-refractivity contribution in [2.75, 3.05) is 19.8 Å². The Labute approximate surface area is 102 Å². The quantitative estimate of drug-likeness (QED) is 0.863. The van der Waals surface area contributed by atoms with Gasteiger partial charge in [0.2, 0.25) is 5.89 Å². The van der Waals surface area contributed by atoms with Gasteiger partial charge in [0.1, 0.15) is 0 Å². The molecule has 1 aromatic rings. The van der Waals surface area contributed by atoms with Gasteiger partial charge >= 0.3 is 0 Å². The van der Waals surface area contributed by atoms with Crippen LogP contribution in [0.5, 0.6) is 0 Å². The van der Waals surface area contributed by atoms with Crippen LogP contribution in [-0.2, 0) is 10.2 Å². The highest BCUT2D eigenvalue weighted by Gasteiger charge is 2.31. The zero-order valence-electron chi connectivity index (χ0n) is 10.6. The van der Waals surface area contributed by atoms with Crippen molar-refractivity contribution in [1.82, 2.24) is 10.1 Å². The number of hydrogen-bond donors (Lipinski definition) is 1. The molecule has 0 amide bonds. The van der Waals surface area contributed by atoms with E-state index in [-0.39, 0.29) is 11.3 Å². The van der Waals surface area contributed by atoms with Gasteiger partial charge in [-0.3, -0.25) is 0 Å². The first kappa shape index (κ1) is 12.5. The van der Waals surface area contributed by atoms with Gasteiger partial charge in [-0.25, -0.2) is 0 Å². The van der Waals surface area contributed by atoms with Crippen LogP contribution in [0.15, 0.2) is 4.52 Å². The van der Waals surface area contributed by atoms with Crippen molar-refractivity contribution in [1.29, 1.82) is 0 Å². The highest BCUT2D eigenvalue weighted by atomic mass is 16.5. The second-order valence-electron chi connectivity index (χ2n) is 4.99. The average molecular weight is 239 g/mol. The van der Waals surface area contributed by atoms with Crippen LogP contribution in [0.4, 0.5) is 0 Å². The largest absolute Gasteiger partial charge is 0.381 e. The Hall–Kier alpha value is -0.940. The lowest BCUT2D eigenvalue weighted by atomic mass is 9.87. The molecule has 5 nitrogen and oxygen atoms in total. The van der Waals surface area contributed by atoms with E-state index in [1.165, 1.54) is 0 Å². The van der Waals surface area contributed by atoms with E-state index in [1.807, 2.05) is 0 Å². The van der Waals surface area contributed by atoms with Gasteiger partial charge in [0.25, 0.3) is 0 Å². The SMILES string of the molecule is CCC(C)(CN)c1nc(C2CCCOC2)no1. The van der Waals surface area contributed by atoms with Crippen molar-refractivity contribution in [3.63, 3.8) is 0 Å². The second kappa shape index (κ2) is 5.14. The number of hydrogen-bond acceptors (Lipinski definition) is 5. The summed E-state index contributed by atoms with van der Waals surface area (Å²) >= 11 is 0. The van der Waals surface area contributed by atoms with Crippen LogP contribution < -0.4 is 5.73 Å². The van der Waals surface area contributed by atoms with Crippen molar-refractivity contribution < 1.29 is 9.26 Å². The van der Waals surface area contributed by atoms with E-state index < -0.39 is 0 Å². The minimum absolute atomic E-state index is 0.208. The van der Waals surface area contributed by atoms with Crippen LogP contribution in [0.1, 0.15) is 50.7 Å². The first-order valence-electron chi connectivity index (χ1n) is 6.31. The first-order valence-corrected chi connectivity index (χ1v) is 6.31. The van der Waals surface area contributed by atoms with Gasteiger partial charge in [0.15, 0.2) is 5.82 Å². The summed E-state index contributed by atoms with van der Waals surface area (Å²) in [5.41, 5.74) is 5.58. The standard InChI is InChI=1S/C12H21N3O2/c1-3-12(2,8-13)11-14-10(15-17-11)9-5-4-6-16-7-9/h9H,3-8,13H2,1-2H3. The maximum atomic E-state index is 5.78. The molecule has 1 aliphatic heterocycles. The van der Waals surface area contributed by atoms with Crippen molar-refractivity contribution in [3.05, 3.63) is 11.7 Å². The third-order valence-electron chi connectivity index (χ3n) is 3.71. The maximum Gasteiger partial charge on any atom is 0.233 e. The average Bonchev–Trinajstić information content (AvgIpc) is 2.89. The molecule has 2 N–H and O–H groups in total. The molecular formula is C12H21N3O2. The minimum atomic E-state index is -0.208. The summed E-state index contributed by atoms with van der Waals surface area (Å²) in [6.07, 6.45) is 3.03. The lowest BCUT2D eigenvalue weighted by Crippen LogP contribution is -2.31. The molecule has 1 saturated heterocycles. The Morgan fingerprint density at radius 2 is 2.35 bits per heavy atom. The summed E-state index contributed by atoms with van der Waals surface area (Å²) in [6.45, 7) is 6.20. The van der Waals surface area contributed by atoms with E-state index in [0.29, 0.717) is 19.0 Å². The Bertz CT molecular complexity index is 354. The molecule has 0 bridgehead atoms. The van der Waals surface area contributed by atoms with Gasteiger partial charge in [0.05, 0.1) is 12.0 Å². The van der Waals surface area contributed by atoms with Gasteiger partial charge in [0, 0.05) is 19.1 Å². The summed E-state index contributed by atoms with van der Waals surface area (Å²) in [5, 5.41) is 4.08. The smallest absolute Gasteiger partial charge is 0.233 e. The lowest BCUT2D eigenvalue weighted by molar-refractivity contribution is 0.0773. The fraction of sp³-hybridized carbons (Fsp3) is 0.833. The summed E-state index contributed by atoms with van der Waals surface area (Å²) in [7, 11) is 0.